The largest absolute Gasteiger partial charge is 0.406 e. The Morgan fingerprint density at radius 2 is 2.00 bits per heavy atom. The smallest absolute Gasteiger partial charge is 0.396 e. The van der Waals surface area contributed by atoms with E-state index in [0.29, 0.717) is 35.3 Å². The molecule has 216 valence electrons. The number of carbonyl (C=O) groups excluding carboxylic acids is 1. The molecule has 2 aromatic heterocycles. The van der Waals surface area contributed by atoms with Gasteiger partial charge in [-0.25, -0.2) is 0 Å². The first-order valence-electron chi connectivity index (χ1n) is 13.2. The van der Waals surface area contributed by atoms with Gasteiger partial charge in [0, 0.05) is 45.0 Å². The second-order valence-corrected chi connectivity index (χ2v) is 11.2. The average Bonchev–Trinajstić information content (AvgIpc) is 3.28. The van der Waals surface area contributed by atoms with Crippen molar-refractivity contribution in [3.63, 3.8) is 0 Å². The van der Waals surface area contributed by atoms with Crippen molar-refractivity contribution in [3.05, 3.63) is 75.7 Å². The molecule has 0 aliphatic carbocycles. The van der Waals surface area contributed by atoms with Crippen molar-refractivity contribution in [1.29, 1.82) is 0 Å². The number of piperidine rings is 1. The Labute approximate surface area is 230 Å². The van der Waals surface area contributed by atoms with Crippen LogP contribution in [0, 0.1) is 5.92 Å². The second kappa shape index (κ2) is 11.9. The number of likely N-dealkylation sites (tertiary alicyclic amines) is 1. The number of aliphatic hydroxyl groups excluding tert-OH is 1. The highest BCUT2D eigenvalue weighted by Crippen LogP contribution is 2.29. The highest BCUT2D eigenvalue weighted by Gasteiger charge is 2.30. The van der Waals surface area contributed by atoms with Crippen LogP contribution < -0.4 is 10.9 Å². The Hall–Kier alpha value is -3.51. The summed E-state index contributed by atoms with van der Waals surface area (Å²) in [7, 11) is 1.86. The Morgan fingerprint density at radius 3 is 2.67 bits per heavy atom. The number of hydrogen-bond donors (Lipinski definition) is 2. The number of amides is 1. The summed E-state index contributed by atoms with van der Waals surface area (Å²) in [4.78, 5) is 28.3. The predicted molar refractivity (Wildman–Crippen MR) is 144 cm³/mol. The van der Waals surface area contributed by atoms with Crippen molar-refractivity contribution in [3.8, 4) is 0 Å². The molecule has 1 aromatic carbocycles. The van der Waals surface area contributed by atoms with Gasteiger partial charge in [-0.1, -0.05) is 26.0 Å². The van der Waals surface area contributed by atoms with Crippen LogP contribution >= 0.6 is 0 Å². The van der Waals surface area contributed by atoms with Crippen LogP contribution in [0.15, 0.2) is 47.7 Å². The van der Waals surface area contributed by atoms with E-state index in [1.807, 2.05) is 36.4 Å². The fourth-order valence-electron chi connectivity index (χ4n) is 5.14. The summed E-state index contributed by atoms with van der Waals surface area (Å²) in [5, 5.41) is 20.3. The number of nitrogens with one attached hydrogen (secondary N) is 1. The zero-order chi connectivity index (χ0) is 29.1. The van der Waals surface area contributed by atoms with Gasteiger partial charge in [0.2, 0.25) is 0 Å². The maximum Gasteiger partial charge on any atom is 0.406 e. The van der Waals surface area contributed by atoms with Gasteiger partial charge in [-0.05, 0) is 60.0 Å². The van der Waals surface area contributed by atoms with Crippen LogP contribution in [0.4, 0.5) is 18.9 Å². The summed E-state index contributed by atoms with van der Waals surface area (Å²) in [6.45, 7) is 4.17. The zero-order valence-electron chi connectivity index (χ0n) is 22.9. The number of anilines is 1. The van der Waals surface area contributed by atoms with E-state index in [1.54, 1.807) is 24.5 Å². The number of alkyl halides is 3. The Bertz CT molecular complexity index is 1400. The summed E-state index contributed by atoms with van der Waals surface area (Å²) in [5.74, 6) is 0.0983. The molecule has 0 saturated carbocycles. The number of nitrogens with zero attached hydrogens (tertiary/aromatic N) is 5. The first-order chi connectivity index (χ1) is 18.8. The molecule has 1 saturated heterocycles. The predicted octanol–water partition coefficient (Wildman–Crippen LogP) is 3.52. The lowest BCUT2D eigenvalue weighted by Gasteiger charge is -2.32. The Morgan fingerprint density at radius 1 is 1.23 bits per heavy atom. The van der Waals surface area contributed by atoms with Gasteiger partial charge >= 0.3 is 6.18 Å². The molecule has 0 spiro atoms. The molecule has 3 heterocycles. The minimum Gasteiger partial charge on any atom is -0.396 e. The quantitative estimate of drug-likeness (QED) is 0.415. The van der Waals surface area contributed by atoms with Crippen LogP contribution in [0.2, 0.25) is 0 Å². The van der Waals surface area contributed by atoms with Crippen molar-refractivity contribution < 1.29 is 23.1 Å². The summed E-state index contributed by atoms with van der Waals surface area (Å²) in [6, 6.07) is 8.52. The molecule has 1 atom stereocenters. The van der Waals surface area contributed by atoms with Crippen LogP contribution in [-0.2, 0) is 32.0 Å². The van der Waals surface area contributed by atoms with E-state index >= 15 is 0 Å². The summed E-state index contributed by atoms with van der Waals surface area (Å²) < 4.78 is 42.3. The Kier molecular flexibility index (Phi) is 8.79. The molecule has 0 radical (unpaired) electrons. The molecule has 1 fully saturated rings. The number of rotatable bonds is 9. The molecule has 0 bridgehead atoms. The van der Waals surface area contributed by atoms with Crippen molar-refractivity contribution in [2.45, 2.75) is 57.8 Å². The molecule has 12 heteroatoms. The summed E-state index contributed by atoms with van der Waals surface area (Å²) >= 11 is 0. The first kappa shape index (κ1) is 29.5. The lowest BCUT2D eigenvalue weighted by atomic mass is 9.81. The molecular weight excluding hydrogens is 525 g/mol. The molecule has 9 nitrogen and oxygen atoms in total. The Balaban J connectivity index is 1.59. The van der Waals surface area contributed by atoms with Gasteiger partial charge in [-0.2, -0.15) is 13.2 Å². The first-order valence-corrected chi connectivity index (χ1v) is 13.2. The van der Waals surface area contributed by atoms with E-state index in [0.717, 1.165) is 24.2 Å². The second-order valence-electron chi connectivity index (χ2n) is 11.2. The highest BCUT2D eigenvalue weighted by molar-refractivity contribution is 6.04. The van der Waals surface area contributed by atoms with Gasteiger partial charge in [-0.3, -0.25) is 14.5 Å². The molecule has 1 aliphatic heterocycles. The molecule has 2 N–H and O–H groups in total. The molecular formula is C28H35F3N6O3. The molecule has 0 unspecified atom stereocenters. The van der Waals surface area contributed by atoms with E-state index in [-0.39, 0.29) is 30.0 Å². The van der Waals surface area contributed by atoms with Gasteiger partial charge in [0.25, 0.3) is 11.5 Å². The van der Waals surface area contributed by atoms with Crippen LogP contribution in [0.3, 0.4) is 0 Å². The van der Waals surface area contributed by atoms with Gasteiger partial charge in [0.1, 0.15) is 24.3 Å². The third-order valence-corrected chi connectivity index (χ3v) is 7.31. The maximum absolute atomic E-state index is 13.3. The number of carbonyl (C=O) groups is 1. The normalized spacial score (nSPS) is 16.7. The molecule has 40 heavy (non-hydrogen) atoms. The molecule has 4 rings (SSSR count). The zero-order valence-corrected chi connectivity index (χ0v) is 22.9. The van der Waals surface area contributed by atoms with Crippen molar-refractivity contribution in [2.24, 2.45) is 13.0 Å². The fourth-order valence-corrected chi connectivity index (χ4v) is 5.14. The number of hydrogen-bond acceptors (Lipinski definition) is 6. The van der Waals surface area contributed by atoms with Gasteiger partial charge < -0.3 is 19.6 Å². The molecule has 3 aromatic rings. The summed E-state index contributed by atoms with van der Waals surface area (Å²) in [6.07, 6.45) is 0.472. The number of pyridine rings is 1. The van der Waals surface area contributed by atoms with E-state index < -0.39 is 24.2 Å². The van der Waals surface area contributed by atoms with Crippen LogP contribution in [0.1, 0.15) is 54.0 Å². The average molecular weight is 561 g/mol. The lowest BCUT2D eigenvalue weighted by molar-refractivity contribution is -0.141. The van der Waals surface area contributed by atoms with Gasteiger partial charge in [0.05, 0.1) is 0 Å². The van der Waals surface area contributed by atoms with Crippen LogP contribution in [0.5, 0.6) is 0 Å². The number of aromatic nitrogens is 4. The topological polar surface area (TPSA) is 105 Å². The number of benzene rings is 1. The minimum absolute atomic E-state index is 0.0339. The van der Waals surface area contributed by atoms with Gasteiger partial charge in [-0.15, -0.1) is 10.2 Å². The maximum atomic E-state index is 13.3. The number of aliphatic hydroxyl groups is 1. The summed E-state index contributed by atoms with van der Waals surface area (Å²) in [5.41, 5.74) is 0.000978. The fraction of sp³-hybridized carbons (Fsp3) is 0.500. The number of halogens is 3. The van der Waals surface area contributed by atoms with Crippen molar-refractivity contribution in [2.75, 3.05) is 25.0 Å². The van der Waals surface area contributed by atoms with Crippen LogP contribution in [0.25, 0.3) is 0 Å². The molecule has 1 aliphatic rings. The lowest BCUT2D eigenvalue weighted by Crippen LogP contribution is -2.37. The monoisotopic (exact) mass is 560 g/mol. The van der Waals surface area contributed by atoms with E-state index in [1.165, 1.54) is 12.3 Å². The van der Waals surface area contributed by atoms with Crippen molar-refractivity contribution >= 4 is 11.6 Å². The standard InChI is InChI=1S/C28H35F3N6O3/c1-27(2,12-24-34-32-18-35(24)3)21-7-4-8-22(11-21)33-25(39)23-10-20(14-36-9-5-6-19(13-36)16-38)15-37(26(23)40)17-28(29,30)31/h4,7-8,10-11,15,18-19,38H,5-6,9,12-14,16-17H2,1-3H3,(H,33,39)/t19-/m0/s1. The van der Waals surface area contributed by atoms with E-state index in [2.05, 4.69) is 15.5 Å². The van der Waals surface area contributed by atoms with Gasteiger partial charge in [0.15, 0.2) is 0 Å². The third kappa shape index (κ3) is 7.36. The van der Waals surface area contributed by atoms with E-state index in [4.69, 9.17) is 0 Å². The number of aryl methyl sites for hydroxylation is 1. The SMILES string of the molecule is Cn1cnnc1CC(C)(C)c1cccc(NC(=O)c2cc(CN3CCC[C@H](CO)C3)cn(CC(F)(F)F)c2=O)c1. The van der Waals surface area contributed by atoms with Crippen LogP contribution in [-0.4, -0.2) is 61.1 Å². The van der Waals surface area contributed by atoms with Crippen molar-refractivity contribution in [1.82, 2.24) is 24.2 Å². The minimum atomic E-state index is -4.63. The van der Waals surface area contributed by atoms with E-state index in [9.17, 15) is 27.9 Å². The third-order valence-electron chi connectivity index (χ3n) is 7.31. The molecule has 1 amide bonds. The highest BCUT2D eigenvalue weighted by atomic mass is 19.4.